The minimum Gasteiger partial charge on any atom is -0.462 e. The lowest BCUT2D eigenvalue weighted by Gasteiger charge is -2.07. The van der Waals surface area contributed by atoms with E-state index < -0.39 is 11.8 Å². The quantitative estimate of drug-likeness (QED) is 0.713. The largest absolute Gasteiger partial charge is 0.462 e. The average Bonchev–Trinajstić information content (AvgIpc) is 3.23. The van der Waals surface area contributed by atoms with Crippen LogP contribution < -0.4 is 10.9 Å². The van der Waals surface area contributed by atoms with E-state index in [9.17, 15) is 9.59 Å². The number of hydrazine groups is 1. The first-order valence-electron chi connectivity index (χ1n) is 6.50. The van der Waals surface area contributed by atoms with Crippen molar-refractivity contribution in [3.05, 3.63) is 64.3 Å². The number of hydrogen-bond donors (Lipinski definition) is 2. The highest BCUT2D eigenvalue weighted by Crippen LogP contribution is 2.23. The van der Waals surface area contributed by atoms with E-state index in [0.29, 0.717) is 15.8 Å². The normalized spacial score (nSPS) is 10.3. The molecule has 0 saturated heterocycles. The van der Waals surface area contributed by atoms with Crippen LogP contribution in [0.2, 0.25) is 5.02 Å². The molecular weight excluding hydrogens is 338 g/mol. The van der Waals surface area contributed by atoms with Gasteiger partial charge in [-0.2, -0.15) is 0 Å². The molecule has 1 aromatic carbocycles. The van der Waals surface area contributed by atoms with E-state index in [4.69, 9.17) is 16.0 Å². The molecule has 6 nitrogen and oxygen atoms in total. The number of amides is 2. The Labute approximate surface area is 140 Å². The molecule has 116 valence electrons. The Bertz CT molecular complexity index is 845. The molecule has 0 fully saturated rings. The fourth-order valence-corrected chi connectivity index (χ4v) is 2.77. The molecule has 0 aliphatic carbocycles. The van der Waals surface area contributed by atoms with Crippen LogP contribution in [0.25, 0.3) is 10.8 Å². The summed E-state index contributed by atoms with van der Waals surface area (Å²) in [5.41, 5.74) is 5.05. The number of benzene rings is 1. The van der Waals surface area contributed by atoms with Crippen LogP contribution in [0.15, 0.2) is 52.5 Å². The summed E-state index contributed by atoms with van der Waals surface area (Å²) < 4.78 is 5.21. The standard InChI is InChI=1S/C15H10ClN3O3S/c16-10-5-2-1-4-9(10)13(20)18-19-14(21)11-8-23-15(17-11)12-6-3-7-22-12/h1-8H,(H,18,20)(H,19,21). The average molecular weight is 348 g/mol. The van der Waals surface area contributed by atoms with Gasteiger partial charge < -0.3 is 4.42 Å². The molecule has 0 bridgehead atoms. The van der Waals surface area contributed by atoms with Crippen molar-refractivity contribution in [1.82, 2.24) is 15.8 Å². The molecule has 0 saturated carbocycles. The summed E-state index contributed by atoms with van der Waals surface area (Å²) in [5.74, 6) is -0.459. The van der Waals surface area contributed by atoms with Gasteiger partial charge in [0, 0.05) is 5.38 Å². The number of hydrogen-bond acceptors (Lipinski definition) is 5. The van der Waals surface area contributed by atoms with Crippen LogP contribution >= 0.6 is 22.9 Å². The number of rotatable bonds is 3. The van der Waals surface area contributed by atoms with Crippen LogP contribution in [-0.4, -0.2) is 16.8 Å². The summed E-state index contributed by atoms with van der Waals surface area (Å²) in [7, 11) is 0. The van der Waals surface area contributed by atoms with Crippen LogP contribution in [0.1, 0.15) is 20.8 Å². The van der Waals surface area contributed by atoms with Crippen LogP contribution in [0.3, 0.4) is 0 Å². The SMILES string of the molecule is O=C(NNC(=O)c1ccccc1Cl)c1csc(-c2ccco2)n1. The summed E-state index contributed by atoms with van der Waals surface area (Å²) in [6.45, 7) is 0. The van der Waals surface area contributed by atoms with E-state index in [-0.39, 0.29) is 11.3 Å². The summed E-state index contributed by atoms with van der Waals surface area (Å²) in [5, 5.41) is 2.46. The second-order valence-corrected chi connectivity index (χ2v) is 5.67. The molecule has 3 rings (SSSR count). The van der Waals surface area contributed by atoms with Crippen molar-refractivity contribution in [2.24, 2.45) is 0 Å². The summed E-state index contributed by atoms with van der Waals surface area (Å²) in [6.07, 6.45) is 1.53. The topological polar surface area (TPSA) is 84.2 Å². The van der Waals surface area contributed by atoms with Gasteiger partial charge in [0.05, 0.1) is 16.8 Å². The van der Waals surface area contributed by atoms with Gasteiger partial charge in [-0.05, 0) is 24.3 Å². The minimum absolute atomic E-state index is 0.181. The number of nitrogens with zero attached hydrogens (tertiary/aromatic N) is 1. The Hall–Kier alpha value is -2.64. The van der Waals surface area contributed by atoms with Crippen molar-refractivity contribution in [3.63, 3.8) is 0 Å². The smallest absolute Gasteiger partial charge is 0.289 e. The van der Waals surface area contributed by atoms with Gasteiger partial charge in [0.2, 0.25) is 0 Å². The third-order valence-electron chi connectivity index (χ3n) is 2.88. The van der Waals surface area contributed by atoms with E-state index in [2.05, 4.69) is 15.8 Å². The fraction of sp³-hybridized carbons (Fsp3) is 0. The Morgan fingerprint density at radius 3 is 2.61 bits per heavy atom. The first kappa shape index (κ1) is 15.3. The summed E-state index contributed by atoms with van der Waals surface area (Å²) >= 11 is 7.19. The Morgan fingerprint density at radius 2 is 1.87 bits per heavy atom. The van der Waals surface area contributed by atoms with Crippen LogP contribution in [-0.2, 0) is 0 Å². The molecule has 2 heterocycles. The molecule has 0 radical (unpaired) electrons. The molecule has 0 spiro atoms. The number of nitrogens with one attached hydrogen (secondary N) is 2. The molecule has 2 amide bonds. The number of aromatic nitrogens is 1. The van der Waals surface area contributed by atoms with E-state index in [1.165, 1.54) is 17.6 Å². The zero-order valence-electron chi connectivity index (χ0n) is 11.6. The maximum atomic E-state index is 12.0. The van der Waals surface area contributed by atoms with Crippen LogP contribution in [0.5, 0.6) is 0 Å². The van der Waals surface area contributed by atoms with Crippen LogP contribution in [0, 0.1) is 0 Å². The second kappa shape index (κ2) is 6.64. The molecule has 23 heavy (non-hydrogen) atoms. The summed E-state index contributed by atoms with van der Waals surface area (Å²) in [6, 6.07) is 10.0. The highest BCUT2D eigenvalue weighted by atomic mass is 35.5. The predicted molar refractivity (Wildman–Crippen MR) is 86.2 cm³/mol. The molecule has 3 aromatic rings. The lowest BCUT2D eigenvalue weighted by atomic mass is 10.2. The van der Waals surface area contributed by atoms with Crippen molar-refractivity contribution >= 4 is 34.8 Å². The van der Waals surface area contributed by atoms with Gasteiger partial charge >= 0.3 is 0 Å². The van der Waals surface area contributed by atoms with Crippen molar-refractivity contribution in [2.75, 3.05) is 0 Å². The Kier molecular flexibility index (Phi) is 4.40. The third kappa shape index (κ3) is 3.41. The lowest BCUT2D eigenvalue weighted by molar-refractivity contribution is 0.0844. The molecule has 2 aromatic heterocycles. The maximum Gasteiger partial charge on any atom is 0.289 e. The van der Waals surface area contributed by atoms with E-state index in [1.807, 2.05) is 0 Å². The number of thiazole rings is 1. The highest BCUT2D eigenvalue weighted by Gasteiger charge is 2.15. The van der Waals surface area contributed by atoms with Gasteiger partial charge in [-0.3, -0.25) is 20.4 Å². The van der Waals surface area contributed by atoms with Gasteiger partial charge in [0.15, 0.2) is 10.8 Å². The molecule has 0 unspecified atom stereocenters. The van der Waals surface area contributed by atoms with Gasteiger partial charge in [-0.25, -0.2) is 4.98 Å². The van der Waals surface area contributed by atoms with Crippen molar-refractivity contribution in [2.45, 2.75) is 0 Å². The second-order valence-electron chi connectivity index (χ2n) is 4.40. The lowest BCUT2D eigenvalue weighted by Crippen LogP contribution is -2.41. The predicted octanol–water partition coefficient (Wildman–Crippen LogP) is 3.13. The first-order chi connectivity index (χ1) is 11.1. The number of carbonyl (C=O) groups is 2. The summed E-state index contributed by atoms with van der Waals surface area (Å²) in [4.78, 5) is 28.1. The molecule has 2 N–H and O–H groups in total. The molecule has 0 atom stereocenters. The van der Waals surface area contributed by atoms with E-state index in [0.717, 1.165) is 0 Å². The number of furan rings is 1. The monoisotopic (exact) mass is 347 g/mol. The molecule has 0 aliphatic rings. The van der Waals surface area contributed by atoms with Crippen molar-refractivity contribution in [3.8, 4) is 10.8 Å². The van der Waals surface area contributed by atoms with Gasteiger partial charge in [0.1, 0.15) is 5.69 Å². The maximum absolute atomic E-state index is 12.0. The third-order valence-corrected chi connectivity index (χ3v) is 4.06. The van der Waals surface area contributed by atoms with Crippen molar-refractivity contribution in [1.29, 1.82) is 0 Å². The van der Waals surface area contributed by atoms with E-state index >= 15 is 0 Å². The Balaban J connectivity index is 1.64. The molecule has 8 heteroatoms. The first-order valence-corrected chi connectivity index (χ1v) is 7.75. The zero-order valence-corrected chi connectivity index (χ0v) is 13.1. The fourth-order valence-electron chi connectivity index (χ4n) is 1.78. The number of halogens is 1. The van der Waals surface area contributed by atoms with Gasteiger partial charge in [-0.1, -0.05) is 23.7 Å². The van der Waals surface area contributed by atoms with Crippen molar-refractivity contribution < 1.29 is 14.0 Å². The molecule has 0 aliphatic heterocycles. The van der Waals surface area contributed by atoms with Gasteiger partial charge in [0.25, 0.3) is 11.8 Å². The van der Waals surface area contributed by atoms with Crippen LogP contribution in [0.4, 0.5) is 0 Å². The van der Waals surface area contributed by atoms with Gasteiger partial charge in [-0.15, -0.1) is 11.3 Å². The zero-order chi connectivity index (χ0) is 16.2. The highest BCUT2D eigenvalue weighted by molar-refractivity contribution is 7.13. The Morgan fingerprint density at radius 1 is 1.09 bits per heavy atom. The minimum atomic E-state index is -0.528. The van der Waals surface area contributed by atoms with E-state index in [1.54, 1.807) is 41.8 Å². The molecular formula is C15H10ClN3O3S. The number of carbonyl (C=O) groups excluding carboxylic acids is 2.